The molecule has 0 spiro atoms. The molecule has 0 saturated heterocycles. The number of benzene rings is 3. The zero-order chi connectivity index (χ0) is 16.1. The van der Waals surface area contributed by atoms with Gasteiger partial charge in [-0.3, -0.25) is 0 Å². The Morgan fingerprint density at radius 2 is 1.14 bits per heavy atom. The summed E-state index contributed by atoms with van der Waals surface area (Å²) in [4.78, 5) is 0. The summed E-state index contributed by atoms with van der Waals surface area (Å²) < 4.78 is 0. The van der Waals surface area contributed by atoms with Gasteiger partial charge in [-0.15, -0.1) is 0 Å². The van der Waals surface area contributed by atoms with Gasteiger partial charge in [-0.2, -0.15) is 0 Å². The molecule has 0 aromatic heterocycles. The van der Waals surface area contributed by atoms with Gasteiger partial charge in [0.15, 0.2) is 0 Å². The molecule has 0 aliphatic heterocycles. The van der Waals surface area contributed by atoms with Crippen LogP contribution in [0.5, 0.6) is 5.75 Å². The van der Waals surface area contributed by atoms with Gasteiger partial charge in [-0.1, -0.05) is 82.6 Å². The monoisotopic (exact) mass is 294 g/mol. The van der Waals surface area contributed by atoms with Crippen LogP contribution in [0, 0.1) is 0 Å². The highest BCUT2D eigenvalue weighted by Gasteiger charge is 2.15. The Morgan fingerprint density at radius 1 is 0.773 bits per heavy atom. The standard InChI is InChI=1S/C18H18O.C3H8/c1-3-12(2)17-13-8-4-6-10-15(13)18(19)16-11-7-5-9-14(16)17;1-3-2/h4-12,19H,3H2,1-2H3;3H2,1-2H3. The molecule has 0 amide bonds. The van der Waals surface area contributed by atoms with E-state index in [9.17, 15) is 5.11 Å². The molecule has 3 aromatic carbocycles. The molecule has 0 heterocycles. The first-order valence-corrected chi connectivity index (χ1v) is 8.27. The fraction of sp³-hybridized carbons (Fsp3) is 0.333. The summed E-state index contributed by atoms with van der Waals surface area (Å²) in [6.45, 7) is 8.71. The van der Waals surface area contributed by atoms with Crippen molar-refractivity contribution in [1.29, 1.82) is 0 Å². The van der Waals surface area contributed by atoms with Crippen LogP contribution in [0.25, 0.3) is 21.5 Å². The number of phenolic OH excluding ortho intramolecular Hbond substituents is 1. The zero-order valence-corrected chi connectivity index (χ0v) is 14.1. The maximum atomic E-state index is 10.5. The Labute approximate surface area is 133 Å². The van der Waals surface area contributed by atoms with Crippen LogP contribution in [0.4, 0.5) is 0 Å². The van der Waals surface area contributed by atoms with Gasteiger partial charge in [0, 0.05) is 10.8 Å². The highest BCUT2D eigenvalue weighted by molar-refractivity contribution is 6.08. The second kappa shape index (κ2) is 7.31. The third-order valence-electron chi connectivity index (χ3n) is 4.05. The van der Waals surface area contributed by atoms with E-state index in [0.717, 1.165) is 17.2 Å². The molecular formula is C21H26O. The minimum atomic E-state index is 0.401. The number of hydrogen-bond donors (Lipinski definition) is 1. The van der Waals surface area contributed by atoms with E-state index in [1.807, 2.05) is 36.4 Å². The van der Waals surface area contributed by atoms with Gasteiger partial charge in [0.05, 0.1) is 0 Å². The molecule has 3 rings (SSSR count). The van der Waals surface area contributed by atoms with Crippen molar-refractivity contribution in [3.8, 4) is 5.75 Å². The Balaban J connectivity index is 0.000000545. The molecule has 0 fully saturated rings. The first-order chi connectivity index (χ1) is 10.7. The Morgan fingerprint density at radius 3 is 1.50 bits per heavy atom. The van der Waals surface area contributed by atoms with E-state index in [4.69, 9.17) is 0 Å². The van der Waals surface area contributed by atoms with Crippen LogP contribution >= 0.6 is 0 Å². The van der Waals surface area contributed by atoms with E-state index in [0.29, 0.717) is 11.7 Å². The molecule has 1 atom stereocenters. The van der Waals surface area contributed by atoms with Crippen molar-refractivity contribution in [3.63, 3.8) is 0 Å². The van der Waals surface area contributed by atoms with Crippen molar-refractivity contribution in [1.82, 2.24) is 0 Å². The molecule has 1 heteroatoms. The molecule has 0 saturated carbocycles. The first kappa shape index (κ1) is 16.4. The highest BCUT2D eigenvalue weighted by Crippen LogP contribution is 2.40. The van der Waals surface area contributed by atoms with E-state index in [2.05, 4.69) is 39.8 Å². The van der Waals surface area contributed by atoms with Gasteiger partial charge >= 0.3 is 0 Å². The van der Waals surface area contributed by atoms with Crippen LogP contribution in [0.2, 0.25) is 0 Å². The topological polar surface area (TPSA) is 20.2 Å². The van der Waals surface area contributed by atoms with Crippen molar-refractivity contribution < 1.29 is 5.11 Å². The van der Waals surface area contributed by atoms with Crippen LogP contribution in [-0.2, 0) is 0 Å². The third-order valence-corrected chi connectivity index (χ3v) is 4.05. The van der Waals surface area contributed by atoms with Crippen molar-refractivity contribution in [2.45, 2.75) is 46.5 Å². The van der Waals surface area contributed by atoms with Gasteiger partial charge in [-0.05, 0) is 28.7 Å². The molecule has 22 heavy (non-hydrogen) atoms. The van der Waals surface area contributed by atoms with E-state index in [1.54, 1.807) is 0 Å². The van der Waals surface area contributed by atoms with Crippen LogP contribution in [0.15, 0.2) is 48.5 Å². The molecule has 1 nitrogen and oxygen atoms in total. The van der Waals surface area contributed by atoms with Crippen LogP contribution in [0.1, 0.15) is 52.0 Å². The van der Waals surface area contributed by atoms with Gasteiger partial charge in [0.25, 0.3) is 0 Å². The van der Waals surface area contributed by atoms with E-state index >= 15 is 0 Å². The maximum absolute atomic E-state index is 10.5. The SMILES string of the molecule is CCC.CCC(C)c1c2ccccc2c(O)c2ccccc12. The molecule has 0 bridgehead atoms. The quantitative estimate of drug-likeness (QED) is 0.526. The smallest absolute Gasteiger partial charge is 0.131 e. The number of rotatable bonds is 2. The lowest BCUT2D eigenvalue weighted by molar-refractivity contribution is 0.487. The fourth-order valence-electron chi connectivity index (χ4n) is 2.87. The summed E-state index contributed by atoms with van der Waals surface area (Å²) in [6, 6.07) is 16.3. The largest absolute Gasteiger partial charge is 0.507 e. The second-order valence-electron chi connectivity index (χ2n) is 5.87. The van der Waals surface area contributed by atoms with E-state index in [1.165, 1.54) is 22.8 Å². The molecular weight excluding hydrogens is 268 g/mol. The summed E-state index contributed by atoms with van der Waals surface area (Å²) in [5.74, 6) is 0.883. The van der Waals surface area contributed by atoms with Crippen LogP contribution in [0.3, 0.4) is 0 Å². The predicted octanol–water partition coefficient (Wildman–Crippen LogP) is 6.63. The summed E-state index contributed by atoms with van der Waals surface area (Å²) in [5.41, 5.74) is 1.35. The summed E-state index contributed by atoms with van der Waals surface area (Å²) in [5, 5.41) is 14.7. The number of phenols is 1. The van der Waals surface area contributed by atoms with Gasteiger partial charge in [0.1, 0.15) is 5.75 Å². The summed E-state index contributed by atoms with van der Waals surface area (Å²) in [6.07, 6.45) is 2.35. The average molecular weight is 294 g/mol. The molecule has 0 aliphatic rings. The zero-order valence-electron chi connectivity index (χ0n) is 14.1. The molecule has 0 aliphatic carbocycles. The highest BCUT2D eigenvalue weighted by atomic mass is 16.3. The molecule has 3 aromatic rings. The maximum Gasteiger partial charge on any atom is 0.131 e. The van der Waals surface area contributed by atoms with E-state index < -0.39 is 0 Å². The Bertz CT molecular complexity index is 701. The first-order valence-electron chi connectivity index (χ1n) is 8.27. The minimum absolute atomic E-state index is 0.401. The summed E-state index contributed by atoms with van der Waals surface area (Å²) >= 11 is 0. The molecule has 116 valence electrons. The fourth-order valence-corrected chi connectivity index (χ4v) is 2.87. The number of aromatic hydroxyl groups is 1. The second-order valence-corrected chi connectivity index (χ2v) is 5.87. The minimum Gasteiger partial charge on any atom is -0.507 e. The predicted molar refractivity (Wildman–Crippen MR) is 97.8 cm³/mol. The van der Waals surface area contributed by atoms with Crippen molar-refractivity contribution in [3.05, 3.63) is 54.1 Å². The third kappa shape index (κ3) is 2.94. The lowest BCUT2D eigenvalue weighted by Gasteiger charge is -2.17. The van der Waals surface area contributed by atoms with Crippen molar-refractivity contribution in [2.75, 3.05) is 0 Å². The lowest BCUT2D eigenvalue weighted by atomic mass is 9.87. The van der Waals surface area contributed by atoms with Gasteiger partial charge in [0.2, 0.25) is 0 Å². The molecule has 1 unspecified atom stereocenters. The molecule has 0 radical (unpaired) electrons. The van der Waals surface area contributed by atoms with Crippen molar-refractivity contribution in [2.24, 2.45) is 0 Å². The normalized spacial score (nSPS) is 12.0. The number of hydrogen-bond acceptors (Lipinski definition) is 1. The van der Waals surface area contributed by atoms with Crippen LogP contribution in [-0.4, -0.2) is 5.11 Å². The van der Waals surface area contributed by atoms with E-state index in [-0.39, 0.29) is 0 Å². The number of fused-ring (bicyclic) bond motifs is 2. The summed E-state index contributed by atoms with van der Waals surface area (Å²) in [7, 11) is 0. The molecule has 1 N–H and O–H groups in total. The van der Waals surface area contributed by atoms with Crippen molar-refractivity contribution >= 4 is 21.5 Å². The average Bonchev–Trinajstić information content (AvgIpc) is 2.56. The Hall–Kier alpha value is -2.02. The van der Waals surface area contributed by atoms with Crippen LogP contribution < -0.4 is 0 Å². The van der Waals surface area contributed by atoms with Gasteiger partial charge in [-0.25, -0.2) is 0 Å². The Kier molecular flexibility index (Phi) is 5.43. The van der Waals surface area contributed by atoms with Gasteiger partial charge < -0.3 is 5.11 Å². The lowest BCUT2D eigenvalue weighted by Crippen LogP contribution is -1.95.